The molecule has 1 fully saturated rings. The molecule has 0 bridgehead atoms. The summed E-state index contributed by atoms with van der Waals surface area (Å²) >= 11 is 6.71. The summed E-state index contributed by atoms with van der Waals surface area (Å²) in [5.41, 5.74) is 0.791. The summed E-state index contributed by atoms with van der Waals surface area (Å²) in [7, 11) is 0. The second kappa shape index (κ2) is 8.01. The van der Waals surface area contributed by atoms with Crippen LogP contribution in [0.4, 0.5) is 9.18 Å². The molecule has 1 aliphatic rings. The number of hydrogen-bond acceptors (Lipinski definition) is 4. The second-order valence-electron chi connectivity index (χ2n) is 5.52. The molecule has 1 saturated heterocycles. The van der Waals surface area contributed by atoms with Crippen molar-refractivity contribution in [3.05, 3.63) is 67.9 Å². The number of amides is 4. The fourth-order valence-corrected chi connectivity index (χ4v) is 3.76. The van der Waals surface area contributed by atoms with Gasteiger partial charge in [-0.05, 0) is 51.8 Å². The molecule has 9 heteroatoms. The van der Waals surface area contributed by atoms with Gasteiger partial charge in [-0.2, -0.15) is 0 Å². The molecule has 2 aromatic carbocycles. The van der Waals surface area contributed by atoms with Crippen molar-refractivity contribution in [1.29, 1.82) is 0 Å². The van der Waals surface area contributed by atoms with Crippen LogP contribution in [-0.4, -0.2) is 17.8 Å². The highest BCUT2D eigenvalue weighted by atomic mass is 79.9. The molecule has 138 valence electrons. The summed E-state index contributed by atoms with van der Waals surface area (Å²) in [6.07, 6.45) is 1.31. The smallest absolute Gasteiger partial charge is 0.328 e. The predicted octanol–water partition coefficient (Wildman–Crippen LogP) is 3.68. The van der Waals surface area contributed by atoms with E-state index in [9.17, 15) is 18.8 Å². The largest absolute Gasteiger partial charge is 0.487 e. The first-order valence-electron chi connectivity index (χ1n) is 7.58. The van der Waals surface area contributed by atoms with Gasteiger partial charge in [0.15, 0.2) is 0 Å². The number of hydrogen-bond donors (Lipinski definition) is 2. The molecule has 1 heterocycles. The van der Waals surface area contributed by atoms with Gasteiger partial charge in [-0.15, -0.1) is 0 Å². The Morgan fingerprint density at radius 2 is 1.74 bits per heavy atom. The lowest BCUT2D eigenvalue weighted by atomic mass is 10.1. The zero-order valence-electron chi connectivity index (χ0n) is 13.5. The van der Waals surface area contributed by atoms with Crippen LogP contribution < -0.4 is 15.4 Å². The summed E-state index contributed by atoms with van der Waals surface area (Å²) in [6.45, 7) is 0.0744. The van der Waals surface area contributed by atoms with Crippen molar-refractivity contribution in [2.24, 2.45) is 0 Å². The average molecular weight is 498 g/mol. The Kier molecular flexibility index (Phi) is 5.71. The minimum atomic E-state index is -0.875. The van der Waals surface area contributed by atoms with Gasteiger partial charge in [0, 0.05) is 10.0 Å². The van der Waals surface area contributed by atoms with E-state index in [1.165, 1.54) is 18.2 Å². The van der Waals surface area contributed by atoms with E-state index in [2.05, 4.69) is 31.9 Å². The number of imide groups is 2. The van der Waals surface area contributed by atoms with Crippen molar-refractivity contribution in [3.8, 4) is 5.75 Å². The first-order valence-corrected chi connectivity index (χ1v) is 9.17. The molecule has 0 atom stereocenters. The fraction of sp³-hybridized carbons (Fsp3) is 0.0556. The fourth-order valence-electron chi connectivity index (χ4n) is 2.38. The zero-order chi connectivity index (χ0) is 19.6. The monoisotopic (exact) mass is 496 g/mol. The van der Waals surface area contributed by atoms with Gasteiger partial charge in [-0.1, -0.05) is 28.1 Å². The molecule has 0 unspecified atom stereocenters. The molecule has 27 heavy (non-hydrogen) atoms. The van der Waals surface area contributed by atoms with E-state index < -0.39 is 17.8 Å². The zero-order valence-corrected chi connectivity index (χ0v) is 16.7. The number of barbiturate groups is 1. The number of nitrogens with one attached hydrogen (secondary N) is 2. The minimum Gasteiger partial charge on any atom is -0.487 e. The summed E-state index contributed by atoms with van der Waals surface area (Å²) in [4.78, 5) is 35.1. The van der Waals surface area contributed by atoms with Crippen LogP contribution >= 0.6 is 31.9 Å². The van der Waals surface area contributed by atoms with Crippen molar-refractivity contribution in [1.82, 2.24) is 10.6 Å². The summed E-state index contributed by atoms with van der Waals surface area (Å²) in [6, 6.07) is 8.46. The Labute approximate surface area is 170 Å². The Morgan fingerprint density at radius 1 is 1.04 bits per heavy atom. The maximum absolute atomic E-state index is 13.3. The van der Waals surface area contributed by atoms with Gasteiger partial charge in [-0.3, -0.25) is 20.2 Å². The SMILES string of the molecule is O=C1NC(=O)C(=Cc2cc(Br)cc(Br)c2OCc2cccc(F)c2)C(=O)N1. The van der Waals surface area contributed by atoms with E-state index in [1.54, 1.807) is 24.3 Å². The first kappa shape index (κ1) is 19.2. The van der Waals surface area contributed by atoms with Crippen LogP contribution in [0.1, 0.15) is 11.1 Å². The first-order chi connectivity index (χ1) is 12.8. The summed E-state index contributed by atoms with van der Waals surface area (Å²) in [5.74, 6) is -1.65. The van der Waals surface area contributed by atoms with Crippen LogP contribution in [0.3, 0.4) is 0 Å². The molecule has 0 spiro atoms. The molecular weight excluding hydrogens is 487 g/mol. The van der Waals surface area contributed by atoms with Crippen molar-refractivity contribution in [2.45, 2.75) is 6.61 Å². The quantitative estimate of drug-likeness (QED) is 0.498. The van der Waals surface area contributed by atoms with Crippen LogP contribution in [0.2, 0.25) is 0 Å². The van der Waals surface area contributed by atoms with Crippen LogP contribution in [0, 0.1) is 5.82 Å². The van der Waals surface area contributed by atoms with Gasteiger partial charge >= 0.3 is 6.03 Å². The van der Waals surface area contributed by atoms with Crippen LogP contribution in [0.5, 0.6) is 5.75 Å². The van der Waals surface area contributed by atoms with Gasteiger partial charge in [0.25, 0.3) is 11.8 Å². The molecule has 0 aliphatic carbocycles. The van der Waals surface area contributed by atoms with Crippen molar-refractivity contribution >= 4 is 55.8 Å². The van der Waals surface area contributed by atoms with Gasteiger partial charge in [0.05, 0.1) is 4.47 Å². The third-order valence-corrected chi connectivity index (χ3v) is 4.60. The van der Waals surface area contributed by atoms with Crippen LogP contribution in [0.15, 0.2) is 50.9 Å². The average Bonchev–Trinajstić information content (AvgIpc) is 2.57. The number of carbonyl (C=O) groups is 3. The number of carbonyl (C=O) groups excluding carboxylic acids is 3. The summed E-state index contributed by atoms with van der Waals surface area (Å²) in [5, 5.41) is 4.02. The van der Waals surface area contributed by atoms with E-state index in [0.717, 1.165) is 0 Å². The normalized spacial score (nSPS) is 13.9. The van der Waals surface area contributed by atoms with Gasteiger partial charge in [0.2, 0.25) is 0 Å². The molecule has 0 aromatic heterocycles. The van der Waals surface area contributed by atoms with Crippen molar-refractivity contribution in [2.75, 3.05) is 0 Å². The Balaban J connectivity index is 1.95. The molecule has 4 amide bonds. The molecule has 0 saturated carbocycles. The highest BCUT2D eigenvalue weighted by Crippen LogP contribution is 2.35. The Morgan fingerprint density at radius 3 is 2.41 bits per heavy atom. The lowest BCUT2D eigenvalue weighted by Gasteiger charge is -2.16. The number of urea groups is 1. The molecule has 2 aromatic rings. The number of halogens is 3. The molecule has 6 nitrogen and oxygen atoms in total. The molecule has 0 radical (unpaired) electrons. The summed E-state index contributed by atoms with van der Waals surface area (Å²) < 4.78 is 20.4. The minimum absolute atomic E-state index is 0.0744. The van der Waals surface area contributed by atoms with Crippen LogP contribution in [0.25, 0.3) is 6.08 Å². The number of rotatable bonds is 4. The van der Waals surface area contributed by atoms with E-state index in [4.69, 9.17) is 4.74 Å². The Hall–Kier alpha value is -2.52. The molecule has 2 N–H and O–H groups in total. The lowest BCUT2D eigenvalue weighted by molar-refractivity contribution is -0.123. The number of ether oxygens (including phenoxy) is 1. The van der Waals surface area contributed by atoms with E-state index in [0.29, 0.717) is 25.8 Å². The third kappa shape index (κ3) is 4.61. The van der Waals surface area contributed by atoms with Gasteiger partial charge < -0.3 is 4.74 Å². The van der Waals surface area contributed by atoms with Gasteiger partial charge in [-0.25, -0.2) is 9.18 Å². The molecule has 3 rings (SSSR count). The topological polar surface area (TPSA) is 84.5 Å². The highest BCUT2D eigenvalue weighted by Gasteiger charge is 2.28. The maximum Gasteiger partial charge on any atom is 0.328 e. The van der Waals surface area contributed by atoms with E-state index in [1.807, 2.05) is 10.6 Å². The van der Waals surface area contributed by atoms with E-state index in [-0.39, 0.29) is 18.0 Å². The van der Waals surface area contributed by atoms with E-state index >= 15 is 0 Å². The van der Waals surface area contributed by atoms with Crippen molar-refractivity contribution in [3.63, 3.8) is 0 Å². The standard InChI is InChI=1S/C18H11Br2FN2O4/c19-11-5-10(6-13-16(24)22-18(26)23-17(13)25)15(14(20)7-11)27-8-9-2-1-3-12(21)4-9/h1-7H,8H2,(H2,22,23,24,25,26). The second-order valence-corrected chi connectivity index (χ2v) is 7.29. The van der Waals surface area contributed by atoms with Crippen LogP contribution in [-0.2, 0) is 16.2 Å². The molecular formula is C18H11Br2FN2O4. The molecule has 1 aliphatic heterocycles. The van der Waals surface area contributed by atoms with Gasteiger partial charge in [0.1, 0.15) is 23.7 Å². The third-order valence-electron chi connectivity index (χ3n) is 3.55. The predicted molar refractivity (Wildman–Crippen MR) is 102 cm³/mol. The highest BCUT2D eigenvalue weighted by molar-refractivity contribution is 9.11. The number of benzene rings is 2. The lowest BCUT2D eigenvalue weighted by Crippen LogP contribution is -2.51. The Bertz CT molecular complexity index is 969. The maximum atomic E-state index is 13.3. The van der Waals surface area contributed by atoms with Crippen molar-refractivity contribution < 1.29 is 23.5 Å².